The van der Waals surface area contributed by atoms with Crippen molar-refractivity contribution >= 4 is 5.91 Å². The van der Waals surface area contributed by atoms with Crippen molar-refractivity contribution < 1.29 is 15.0 Å². The Bertz CT molecular complexity index is 952. The predicted octanol–water partition coefficient (Wildman–Crippen LogP) is 6.62. The third-order valence-corrected chi connectivity index (χ3v) is 6.33. The summed E-state index contributed by atoms with van der Waals surface area (Å²) in [6.45, 7) is 16.2. The van der Waals surface area contributed by atoms with E-state index in [-0.39, 0.29) is 24.0 Å². The van der Waals surface area contributed by atoms with Gasteiger partial charge in [0.1, 0.15) is 11.6 Å². The van der Waals surface area contributed by atoms with Crippen LogP contribution in [0.4, 0.5) is 8.78 Å². The molecule has 1 aromatic heterocycles. The summed E-state index contributed by atoms with van der Waals surface area (Å²) in [5, 5.41) is 11.9. The van der Waals surface area contributed by atoms with E-state index in [9.17, 15) is 13.6 Å². The molecular formula is C26H39F2N3O. The minimum atomic E-state index is -0.657. The largest absolute Gasteiger partial charge is 0.350 e. The van der Waals surface area contributed by atoms with Gasteiger partial charge >= 0.3 is 0 Å². The summed E-state index contributed by atoms with van der Waals surface area (Å²) in [7, 11) is 0. The number of benzene rings is 1. The second-order valence-corrected chi connectivity index (χ2v) is 10.2. The molecule has 1 amide bonds. The summed E-state index contributed by atoms with van der Waals surface area (Å²) >= 11 is 0. The second kappa shape index (κ2) is 9.63. The Hall–Kier alpha value is -2.37. The number of rotatable bonds is 3. The fourth-order valence-corrected chi connectivity index (χ4v) is 5.33. The van der Waals surface area contributed by atoms with Crippen LogP contribution in [0.25, 0.3) is 11.3 Å². The molecule has 4 nitrogen and oxygen atoms in total. The van der Waals surface area contributed by atoms with Gasteiger partial charge < -0.3 is 5.32 Å². The number of aromatic nitrogens is 2. The lowest BCUT2D eigenvalue weighted by Crippen LogP contribution is -2.65. The Kier molecular flexibility index (Phi) is 7.79. The van der Waals surface area contributed by atoms with Crippen LogP contribution < -0.4 is 5.32 Å². The SMILES string of the molecule is CC(=O)NC(C)(C)[C@@]1(C(C)(C)C)CCCc2cc(-c3c(F)cccc3F)nnc21.CCC.[HH]. The predicted molar refractivity (Wildman–Crippen MR) is 127 cm³/mol. The molecular weight excluding hydrogens is 408 g/mol. The second-order valence-electron chi connectivity index (χ2n) is 10.2. The van der Waals surface area contributed by atoms with Crippen LogP contribution in [0.3, 0.4) is 0 Å². The summed E-state index contributed by atoms with van der Waals surface area (Å²) in [4.78, 5) is 12.0. The molecule has 0 radical (unpaired) electrons. The van der Waals surface area contributed by atoms with Crippen molar-refractivity contribution in [1.82, 2.24) is 15.5 Å². The van der Waals surface area contributed by atoms with Gasteiger partial charge in [0.05, 0.1) is 17.0 Å². The van der Waals surface area contributed by atoms with E-state index in [1.54, 1.807) is 6.07 Å². The molecule has 1 aliphatic carbocycles. The molecule has 0 aliphatic heterocycles. The summed E-state index contributed by atoms with van der Waals surface area (Å²) in [5.41, 5.74) is 0.447. The van der Waals surface area contributed by atoms with E-state index in [0.717, 1.165) is 30.5 Å². The van der Waals surface area contributed by atoms with Gasteiger partial charge in [-0.05, 0) is 62.3 Å². The molecule has 1 N–H and O–H groups in total. The minimum absolute atomic E-state index is 0. The van der Waals surface area contributed by atoms with Crippen molar-refractivity contribution in [1.29, 1.82) is 0 Å². The fraction of sp³-hybridized carbons (Fsp3) is 0.577. The Morgan fingerprint density at radius 2 is 1.69 bits per heavy atom. The summed E-state index contributed by atoms with van der Waals surface area (Å²) in [6.07, 6.45) is 3.72. The van der Waals surface area contributed by atoms with Crippen molar-refractivity contribution in [3.8, 4) is 11.3 Å². The number of fused-ring (bicyclic) bond motifs is 1. The maximum Gasteiger partial charge on any atom is 0.217 e. The normalized spacial score (nSPS) is 18.3. The number of amides is 1. The van der Waals surface area contributed by atoms with E-state index in [0.29, 0.717) is 0 Å². The van der Waals surface area contributed by atoms with Gasteiger partial charge in [0.15, 0.2) is 0 Å². The average Bonchev–Trinajstić information content (AvgIpc) is 2.65. The Labute approximate surface area is 192 Å². The Balaban J connectivity index is 0.00000129. The summed E-state index contributed by atoms with van der Waals surface area (Å²) in [6, 6.07) is 5.53. The molecule has 1 aliphatic rings. The van der Waals surface area contributed by atoms with E-state index in [2.05, 4.69) is 50.1 Å². The van der Waals surface area contributed by atoms with E-state index in [1.165, 1.54) is 31.5 Å². The maximum atomic E-state index is 14.3. The van der Waals surface area contributed by atoms with Gasteiger partial charge in [-0.1, -0.05) is 47.1 Å². The first kappa shape index (κ1) is 25.9. The molecule has 0 saturated heterocycles. The van der Waals surface area contributed by atoms with Crippen molar-refractivity contribution in [3.05, 3.63) is 47.2 Å². The zero-order chi connectivity index (χ0) is 24.3. The zero-order valence-corrected chi connectivity index (χ0v) is 20.7. The minimum Gasteiger partial charge on any atom is -0.350 e. The number of nitrogens with zero attached hydrogens (tertiary/aromatic N) is 2. The van der Waals surface area contributed by atoms with Crippen molar-refractivity contribution in [2.24, 2.45) is 5.41 Å². The number of carbonyl (C=O) groups excluding carboxylic acids is 1. The van der Waals surface area contributed by atoms with Gasteiger partial charge in [-0.2, -0.15) is 10.2 Å². The third kappa shape index (κ3) is 4.69. The summed E-state index contributed by atoms with van der Waals surface area (Å²) < 4.78 is 28.6. The molecule has 0 saturated carbocycles. The number of hydrogen-bond donors (Lipinski definition) is 1. The standard InChI is InChI=1S/C23H29F2N3O.C3H8.H2/c1-14(29)26-22(5,6)23(21(2,3)4)12-8-9-15-13-18(27-28-20(15)23)19-16(24)10-7-11-17(19)25;1-3-2;/h7,10-11,13H,8-9,12H2,1-6H3,(H,26,29);3H2,1-2H3;1H/t23-;;/m0../s1. The topological polar surface area (TPSA) is 54.9 Å². The van der Waals surface area contributed by atoms with Gasteiger partial charge in [0, 0.05) is 19.3 Å². The molecule has 1 aromatic carbocycles. The van der Waals surface area contributed by atoms with Gasteiger partial charge in [-0.3, -0.25) is 4.79 Å². The lowest BCUT2D eigenvalue weighted by molar-refractivity contribution is -0.122. The highest BCUT2D eigenvalue weighted by Crippen LogP contribution is 2.54. The Morgan fingerprint density at radius 1 is 1.12 bits per heavy atom. The van der Waals surface area contributed by atoms with Crippen molar-refractivity contribution in [3.63, 3.8) is 0 Å². The molecule has 0 unspecified atom stereocenters. The average molecular weight is 448 g/mol. The van der Waals surface area contributed by atoms with Crippen LogP contribution >= 0.6 is 0 Å². The van der Waals surface area contributed by atoms with Crippen LogP contribution in [-0.4, -0.2) is 21.6 Å². The molecule has 178 valence electrons. The highest BCUT2D eigenvalue weighted by atomic mass is 19.1. The molecule has 1 atom stereocenters. The van der Waals surface area contributed by atoms with Crippen LogP contribution in [-0.2, 0) is 16.6 Å². The number of carbonyl (C=O) groups is 1. The van der Waals surface area contributed by atoms with Crippen molar-refractivity contribution in [2.45, 2.75) is 92.0 Å². The molecule has 0 fully saturated rings. The lowest BCUT2D eigenvalue weighted by Gasteiger charge is -2.56. The van der Waals surface area contributed by atoms with Crippen molar-refractivity contribution in [2.75, 3.05) is 0 Å². The van der Waals surface area contributed by atoms with E-state index < -0.39 is 22.6 Å². The van der Waals surface area contributed by atoms with Gasteiger partial charge in [0.25, 0.3) is 0 Å². The van der Waals surface area contributed by atoms with Crippen LogP contribution in [0.15, 0.2) is 24.3 Å². The highest BCUT2D eigenvalue weighted by molar-refractivity contribution is 5.74. The van der Waals surface area contributed by atoms with E-state index >= 15 is 0 Å². The molecule has 6 heteroatoms. The number of nitrogens with one attached hydrogen (secondary N) is 1. The first-order valence-corrected chi connectivity index (χ1v) is 11.4. The van der Waals surface area contributed by atoms with E-state index in [1.807, 2.05) is 13.8 Å². The smallest absolute Gasteiger partial charge is 0.217 e. The summed E-state index contributed by atoms with van der Waals surface area (Å²) in [5.74, 6) is -1.42. The van der Waals surface area contributed by atoms with Gasteiger partial charge in [-0.25, -0.2) is 8.78 Å². The Morgan fingerprint density at radius 3 is 2.19 bits per heavy atom. The highest BCUT2D eigenvalue weighted by Gasteiger charge is 2.57. The molecule has 1 heterocycles. The van der Waals surface area contributed by atoms with Crippen LogP contribution in [0, 0.1) is 17.0 Å². The van der Waals surface area contributed by atoms with Gasteiger partial charge in [0.2, 0.25) is 5.91 Å². The molecule has 0 spiro atoms. The number of halogens is 2. The number of aryl methyl sites for hydroxylation is 1. The fourth-order valence-electron chi connectivity index (χ4n) is 5.33. The number of hydrogen-bond acceptors (Lipinski definition) is 3. The quantitative estimate of drug-likeness (QED) is 0.575. The third-order valence-electron chi connectivity index (χ3n) is 6.33. The van der Waals surface area contributed by atoms with E-state index in [4.69, 9.17) is 0 Å². The molecule has 32 heavy (non-hydrogen) atoms. The molecule has 0 bridgehead atoms. The monoisotopic (exact) mass is 447 g/mol. The molecule has 2 aromatic rings. The lowest BCUT2D eigenvalue weighted by atomic mass is 9.51. The van der Waals surface area contributed by atoms with Crippen LogP contribution in [0.2, 0.25) is 0 Å². The molecule has 3 rings (SSSR count). The van der Waals surface area contributed by atoms with Crippen LogP contribution in [0.1, 0.15) is 87.3 Å². The van der Waals surface area contributed by atoms with Gasteiger partial charge in [-0.15, -0.1) is 0 Å². The zero-order valence-electron chi connectivity index (χ0n) is 20.7. The first-order chi connectivity index (χ1) is 14.8. The van der Waals surface area contributed by atoms with Crippen LogP contribution in [0.5, 0.6) is 0 Å². The maximum absolute atomic E-state index is 14.3. The first-order valence-electron chi connectivity index (χ1n) is 11.4.